The minimum absolute atomic E-state index is 0.0629. The molecule has 2 heterocycles. The molecule has 23 heavy (non-hydrogen) atoms. The normalized spacial score (nSPS) is 16.0. The number of carbonyl (C=O) groups excluding carboxylic acids is 2. The smallest absolute Gasteiger partial charge is 0.410 e. The molecule has 1 fully saturated rings. The predicted octanol–water partition coefficient (Wildman–Crippen LogP) is 2.37. The summed E-state index contributed by atoms with van der Waals surface area (Å²) in [6.07, 6.45) is 2.26. The average Bonchev–Trinajstić information content (AvgIpc) is 2.48. The van der Waals surface area contributed by atoms with Crippen LogP contribution in [-0.2, 0) is 9.53 Å². The third-order valence-electron chi connectivity index (χ3n) is 3.55. The number of ether oxygens (including phenoxy) is 1. The molecule has 0 aliphatic carbocycles. The maximum atomic E-state index is 12.2. The van der Waals surface area contributed by atoms with Crippen LogP contribution in [0.2, 0.25) is 0 Å². The molecule has 0 atom stereocenters. The summed E-state index contributed by atoms with van der Waals surface area (Å²) >= 11 is 0. The molecule has 0 radical (unpaired) electrons. The Kier molecular flexibility index (Phi) is 5.08. The second-order valence-corrected chi connectivity index (χ2v) is 6.60. The van der Waals surface area contributed by atoms with E-state index < -0.39 is 5.60 Å². The number of hydrogen-bond acceptors (Lipinski definition) is 5. The molecule has 7 nitrogen and oxygen atoms in total. The van der Waals surface area contributed by atoms with E-state index in [0.29, 0.717) is 25.9 Å². The molecule has 7 heteroatoms. The molecule has 0 unspecified atom stereocenters. The zero-order valence-corrected chi connectivity index (χ0v) is 13.7. The van der Waals surface area contributed by atoms with Gasteiger partial charge in [0.05, 0.1) is 0 Å². The van der Waals surface area contributed by atoms with Crippen LogP contribution in [0, 0.1) is 5.92 Å². The molecule has 1 aromatic heterocycles. The minimum Gasteiger partial charge on any atom is -0.504 e. The summed E-state index contributed by atoms with van der Waals surface area (Å²) in [5.41, 5.74) is -0.526. The molecular weight excluding hydrogens is 298 g/mol. The van der Waals surface area contributed by atoms with E-state index in [0.717, 1.165) is 0 Å². The van der Waals surface area contributed by atoms with Gasteiger partial charge in [-0.05, 0) is 45.7 Å². The van der Waals surface area contributed by atoms with Gasteiger partial charge in [0.25, 0.3) is 0 Å². The first-order valence-electron chi connectivity index (χ1n) is 7.69. The van der Waals surface area contributed by atoms with Crippen molar-refractivity contribution in [2.45, 2.75) is 39.2 Å². The molecule has 1 aliphatic rings. The Labute approximate surface area is 135 Å². The summed E-state index contributed by atoms with van der Waals surface area (Å²) in [4.78, 5) is 29.8. The van der Waals surface area contributed by atoms with Crippen LogP contribution in [0.5, 0.6) is 5.75 Å². The van der Waals surface area contributed by atoms with Crippen molar-refractivity contribution >= 4 is 17.8 Å². The number of likely N-dealkylation sites (tertiary alicyclic amines) is 1. The van der Waals surface area contributed by atoms with Crippen LogP contribution < -0.4 is 5.32 Å². The third kappa shape index (κ3) is 4.84. The molecule has 126 valence electrons. The largest absolute Gasteiger partial charge is 0.504 e. The number of nitrogens with zero attached hydrogens (tertiary/aromatic N) is 2. The predicted molar refractivity (Wildman–Crippen MR) is 85.1 cm³/mol. The van der Waals surface area contributed by atoms with Gasteiger partial charge in [-0.25, -0.2) is 9.78 Å². The highest BCUT2D eigenvalue weighted by molar-refractivity contribution is 5.93. The van der Waals surface area contributed by atoms with Gasteiger partial charge in [-0.1, -0.05) is 0 Å². The van der Waals surface area contributed by atoms with E-state index in [1.54, 1.807) is 11.0 Å². The van der Waals surface area contributed by atoms with E-state index >= 15 is 0 Å². The van der Waals surface area contributed by atoms with E-state index in [4.69, 9.17) is 4.74 Å². The van der Waals surface area contributed by atoms with Gasteiger partial charge in [0, 0.05) is 25.2 Å². The Morgan fingerprint density at radius 1 is 1.35 bits per heavy atom. The Morgan fingerprint density at radius 3 is 2.57 bits per heavy atom. The van der Waals surface area contributed by atoms with Crippen molar-refractivity contribution in [1.29, 1.82) is 0 Å². The molecule has 2 rings (SSSR count). The lowest BCUT2D eigenvalue weighted by Crippen LogP contribution is -2.43. The lowest BCUT2D eigenvalue weighted by Gasteiger charge is -2.32. The van der Waals surface area contributed by atoms with Crippen LogP contribution in [0.25, 0.3) is 0 Å². The molecule has 1 saturated heterocycles. The Balaban J connectivity index is 1.85. The lowest BCUT2D eigenvalue weighted by atomic mass is 9.96. The van der Waals surface area contributed by atoms with Crippen molar-refractivity contribution in [3.63, 3.8) is 0 Å². The van der Waals surface area contributed by atoms with Crippen molar-refractivity contribution in [2.75, 3.05) is 18.4 Å². The van der Waals surface area contributed by atoms with Crippen LogP contribution >= 0.6 is 0 Å². The van der Waals surface area contributed by atoms with Crippen molar-refractivity contribution in [1.82, 2.24) is 9.88 Å². The first kappa shape index (κ1) is 17.1. The fraction of sp³-hybridized carbons (Fsp3) is 0.562. The molecule has 0 aromatic carbocycles. The van der Waals surface area contributed by atoms with Crippen LogP contribution in [0.3, 0.4) is 0 Å². The SMILES string of the molecule is CC(C)(C)OC(=O)N1CCC(C(=O)Nc2ncccc2O)CC1. The van der Waals surface area contributed by atoms with Crippen molar-refractivity contribution in [3.05, 3.63) is 18.3 Å². The van der Waals surface area contributed by atoms with Gasteiger partial charge in [0.15, 0.2) is 11.6 Å². The first-order valence-corrected chi connectivity index (χ1v) is 7.69. The highest BCUT2D eigenvalue weighted by atomic mass is 16.6. The Morgan fingerprint density at radius 2 is 2.00 bits per heavy atom. The number of rotatable bonds is 2. The van der Waals surface area contributed by atoms with Crippen LogP contribution in [0.1, 0.15) is 33.6 Å². The van der Waals surface area contributed by atoms with Crippen molar-refractivity contribution in [3.8, 4) is 5.75 Å². The summed E-state index contributed by atoms with van der Waals surface area (Å²) in [6, 6.07) is 3.05. The maximum absolute atomic E-state index is 12.2. The zero-order valence-electron chi connectivity index (χ0n) is 13.7. The van der Waals surface area contributed by atoms with Crippen LogP contribution in [0.15, 0.2) is 18.3 Å². The topological polar surface area (TPSA) is 91.8 Å². The molecule has 0 bridgehead atoms. The molecule has 2 amide bonds. The summed E-state index contributed by atoms with van der Waals surface area (Å²) in [6.45, 7) is 6.42. The molecule has 0 saturated carbocycles. The van der Waals surface area contributed by atoms with Crippen LogP contribution in [0.4, 0.5) is 10.6 Å². The fourth-order valence-electron chi connectivity index (χ4n) is 2.36. The summed E-state index contributed by atoms with van der Waals surface area (Å²) in [5.74, 6) is -0.308. The molecule has 0 spiro atoms. The number of piperidine rings is 1. The number of aromatic nitrogens is 1. The van der Waals surface area contributed by atoms with E-state index in [1.165, 1.54) is 12.3 Å². The molecular formula is C16H23N3O4. The lowest BCUT2D eigenvalue weighted by molar-refractivity contribution is -0.121. The number of anilines is 1. The highest BCUT2D eigenvalue weighted by Crippen LogP contribution is 2.23. The number of pyridine rings is 1. The monoisotopic (exact) mass is 321 g/mol. The zero-order chi connectivity index (χ0) is 17.0. The van der Waals surface area contributed by atoms with Crippen molar-refractivity contribution in [2.24, 2.45) is 5.92 Å². The van der Waals surface area contributed by atoms with Gasteiger partial charge in [-0.2, -0.15) is 0 Å². The van der Waals surface area contributed by atoms with Gasteiger partial charge >= 0.3 is 6.09 Å². The maximum Gasteiger partial charge on any atom is 0.410 e. The van der Waals surface area contributed by atoms with E-state index in [-0.39, 0.29) is 29.5 Å². The standard InChI is InChI=1S/C16H23N3O4/c1-16(2,3)23-15(22)19-9-6-11(7-10-19)14(21)18-13-12(20)5-4-8-17-13/h4-5,8,11,20H,6-7,9-10H2,1-3H3,(H,17,18,21). The highest BCUT2D eigenvalue weighted by Gasteiger charge is 2.30. The number of carbonyl (C=O) groups is 2. The first-order chi connectivity index (χ1) is 10.8. The number of amides is 2. The van der Waals surface area contributed by atoms with E-state index in [2.05, 4.69) is 10.3 Å². The minimum atomic E-state index is -0.526. The number of hydrogen-bond donors (Lipinski definition) is 2. The number of aromatic hydroxyl groups is 1. The summed E-state index contributed by atoms with van der Waals surface area (Å²) < 4.78 is 5.33. The third-order valence-corrected chi connectivity index (χ3v) is 3.55. The second-order valence-electron chi connectivity index (χ2n) is 6.60. The van der Waals surface area contributed by atoms with Crippen molar-refractivity contribution < 1.29 is 19.4 Å². The van der Waals surface area contributed by atoms with Gasteiger partial charge in [-0.3, -0.25) is 4.79 Å². The van der Waals surface area contributed by atoms with Crippen LogP contribution in [-0.4, -0.2) is 45.7 Å². The van der Waals surface area contributed by atoms with Gasteiger partial charge < -0.3 is 20.1 Å². The number of nitrogens with one attached hydrogen (secondary N) is 1. The second kappa shape index (κ2) is 6.85. The molecule has 1 aromatic rings. The van der Waals surface area contributed by atoms with Gasteiger partial charge in [0.2, 0.25) is 5.91 Å². The molecule has 2 N–H and O–H groups in total. The quantitative estimate of drug-likeness (QED) is 0.872. The van der Waals surface area contributed by atoms with Gasteiger partial charge in [-0.15, -0.1) is 0 Å². The Hall–Kier alpha value is -2.31. The Bertz CT molecular complexity index is 575. The average molecular weight is 321 g/mol. The summed E-state index contributed by atoms with van der Waals surface area (Å²) in [5, 5.41) is 12.3. The van der Waals surface area contributed by atoms with E-state index in [9.17, 15) is 14.7 Å². The van der Waals surface area contributed by atoms with E-state index in [1.807, 2.05) is 20.8 Å². The van der Waals surface area contributed by atoms with Gasteiger partial charge in [0.1, 0.15) is 5.60 Å². The summed E-state index contributed by atoms with van der Waals surface area (Å²) in [7, 11) is 0. The molecule has 1 aliphatic heterocycles. The fourth-order valence-corrected chi connectivity index (χ4v) is 2.36.